The van der Waals surface area contributed by atoms with Crippen LogP contribution in [0.1, 0.15) is 19.4 Å². The Hall–Kier alpha value is -0.937. The number of anilines is 1. The number of amides is 1. The molecule has 0 saturated heterocycles. The minimum absolute atomic E-state index is 0.0420. The predicted molar refractivity (Wildman–Crippen MR) is 67.9 cm³/mol. The molecule has 0 unspecified atom stereocenters. The van der Waals surface area contributed by atoms with E-state index in [1.807, 2.05) is 13.8 Å². The van der Waals surface area contributed by atoms with E-state index >= 15 is 0 Å². The fraction of sp³-hybridized carbons (Fsp3) is 0.333. The van der Waals surface area contributed by atoms with Crippen LogP contribution in [0.5, 0.6) is 5.75 Å². The van der Waals surface area contributed by atoms with Crippen LogP contribution in [-0.2, 0) is 20.5 Å². The van der Waals surface area contributed by atoms with Crippen LogP contribution in [0.4, 0.5) is 18.9 Å². The predicted octanol–water partition coefficient (Wildman–Crippen LogP) is 3.36. The van der Waals surface area contributed by atoms with Crippen molar-refractivity contribution in [2.75, 3.05) is 5.32 Å². The van der Waals surface area contributed by atoms with Crippen molar-refractivity contribution < 1.29 is 38.4 Å². The van der Waals surface area contributed by atoms with Crippen LogP contribution in [0.2, 0.25) is 0 Å². The first-order valence-electron chi connectivity index (χ1n) is 5.48. The number of hydrogen-bond acceptors (Lipinski definition) is 2. The Balaban J connectivity index is 3.01. The summed E-state index contributed by atoms with van der Waals surface area (Å²) < 4.78 is 43.7. The molecule has 1 aromatic rings. The van der Waals surface area contributed by atoms with Crippen molar-refractivity contribution in [2.24, 2.45) is 0 Å². The van der Waals surface area contributed by atoms with Gasteiger partial charge in [0.05, 0.1) is 0 Å². The van der Waals surface area contributed by atoms with Gasteiger partial charge in [0.2, 0.25) is 0 Å². The molecular weight excluding hydrogens is 384 g/mol. The molecule has 0 aromatic heterocycles. The Bertz CT molecular complexity index is 518. The molecule has 0 saturated carbocycles. The maximum atomic E-state index is 12.2. The summed E-state index contributed by atoms with van der Waals surface area (Å²) in [6.07, 6.45) is -5.00. The quantitative estimate of drug-likeness (QED) is 0.794. The summed E-state index contributed by atoms with van der Waals surface area (Å²) in [7, 11) is 5.69. The Kier molecular flexibility index (Phi) is 6.15. The third kappa shape index (κ3) is 5.21. The van der Waals surface area contributed by atoms with Crippen molar-refractivity contribution in [3.8, 4) is 5.75 Å². The molecule has 1 aromatic carbocycles. The fourth-order valence-electron chi connectivity index (χ4n) is 1.31. The van der Waals surface area contributed by atoms with Gasteiger partial charge in [0.15, 0.2) is 0 Å². The minimum atomic E-state index is -4.92. The van der Waals surface area contributed by atoms with Gasteiger partial charge >= 0.3 is 125 Å². The van der Waals surface area contributed by atoms with E-state index in [1.54, 1.807) is 9.93 Å². The van der Waals surface area contributed by atoms with Crippen LogP contribution >= 0.6 is 9.69 Å². The molecule has 0 radical (unpaired) electrons. The number of halogens is 4. The molecule has 113 valence electrons. The van der Waals surface area contributed by atoms with Gasteiger partial charge in [-0.3, -0.25) is 0 Å². The van der Waals surface area contributed by atoms with Crippen molar-refractivity contribution in [1.29, 1.82) is 0 Å². The van der Waals surface area contributed by atoms with Crippen LogP contribution in [0.15, 0.2) is 18.2 Å². The van der Waals surface area contributed by atoms with Gasteiger partial charge in [0, 0.05) is 0 Å². The van der Waals surface area contributed by atoms with Crippen molar-refractivity contribution in [3.63, 3.8) is 0 Å². The molecule has 1 amide bonds. The van der Waals surface area contributed by atoms with Crippen molar-refractivity contribution >= 4 is 25.9 Å². The monoisotopic (exact) mass is 396 g/mol. The summed E-state index contributed by atoms with van der Waals surface area (Å²) in [5.41, 5.74) is 0.604. The normalized spacial score (nSPS) is 12.3. The molecule has 1 N–H and O–H groups in total. The van der Waals surface area contributed by atoms with Crippen LogP contribution < -0.4 is 10.1 Å². The molecular formula is C12H12ClF3NO2Ru. The van der Waals surface area contributed by atoms with Crippen LogP contribution in [0.3, 0.4) is 0 Å². The molecule has 0 atom stereocenters. The van der Waals surface area contributed by atoms with Crippen molar-refractivity contribution in [3.05, 3.63) is 23.8 Å². The van der Waals surface area contributed by atoms with Gasteiger partial charge in [-0.15, -0.1) is 0 Å². The Morgan fingerprint density at radius 3 is 2.60 bits per heavy atom. The van der Waals surface area contributed by atoms with Gasteiger partial charge in [-0.25, -0.2) is 0 Å². The molecule has 0 aliphatic heterocycles. The SMILES string of the molecule is CC(C)Oc1ccc(NC(=O)C(F)(F)F)cc1[CH]=[Ru][Cl]. The average Bonchev–Trinajstić information content (AvgIpc) is 2.31. The number of carbonyl (C=O) groups is 1. The van der Waals surface area contributed by atoms with Gasteiger partial charge < -0.3 is 0 Å². The Labute approximate surface area is 125 Å². The van der Waals surface area contributed by atoms with E-state index in [9.17, 15) is 18.0 Å². The van der Waals surface area contributed by atoms with Crippen molar-refractivity contribution in [1.82, 2.24) is 0 Å². The van der Waals surface area contributed by atoms with E-state index in [4.69, 9.17) is 14.4 Å². The molecule has 0 aliphatic rings. The summed E-state index contributed by atoms with van der Waals surface area (Å²) >= 11 is -0.573. The Morgan fingerprint density at radius 2 is 2.10 bits per heavy atom. The Morgan fingerprint density at radius 1 is 1.45 bits per heavy atom. The number of alkyl halides is 3. The zero-order chi connectivity index (χ0) is 15.3. The summed E-state index contributed by atoms with van der Waals surface area (Å²) in [6, 6.07) is 4.26. The summed E-state index contributed by atoms with van der Waals surface area (Å²) in [4.78, 5) is 10.9. The first kappa shape index (κ1) is 17.1. The van der Waals surface area contributed by atoms with Crippen LogP contribution in [-0.4, -0.2) is 22.8 Å². The molecule has 3 nitrogen and oxygen atoms in total. The van der Waals surface area contributed by atoms with E-state index in [1.165, 1.54) is 18.2 Å². The first-order valence-corrected chi connectivity index (χ1v) is 8.72. The second-order valence-corrected chi connectivity index (χ2v) is 5.84. The standard InChI is InChI=1S/C12H12F3NO2.ClH.Ru/c1-7(2)18-10-5-4-9(6-8(10)3)16-11(17)12(13,14)15;;/h3-7H,1-2H3,(H,16,17);1H;/q;;+1/p-1. The van der Waals surface area contributed by atoms with Gasteiger partial charge in [-0.05, 0) is 0 Å². The zero-order valence-electron chi connectivity index (χ0n) is 10.6. The molecule has 20 heavy (non-hydrogen) atoms. The van der Waals surface area contributed by atoms with Gasteiger partial charge in [0.1, 0.15) is 0 Å². The fourth-order valence-corrected chi connectivity index (χ4v) is 2.40. The first-order chi connectivity index (χ1) is 9.24. The third-order valence-electron chi connectivity index (χ3n) is 2.04. The van der Waals surface area contributed by atoms with E-state index in [-0.39, 0.29) is 11.8 Å². The number of ether oxygens (including phenoxy) is 1. The van der Waals surface area contributed by atoms with E-state index < -0.39 is 27.8 Å². The number of rotatable bonds is 4. The van der Waals surface area contributed by atoms with Crippen LogP contribution in [0.25, 0.3) is 0 Å². The van der Waals surface area contributed by atoms with E-state index in [0.717, 1.165) is 0 Å². The number of hydrogen-bond donors (Lipinski definition) is 1. The molecule has 0 fully saturated rings. The molecule has 0 spiro atoms. The summed E-state index contributed by atoms with van der Waals surface area (Å²) in [6.45, 7) is 3.66. The van der Waals surface area contributed by atoms with Gasteiger partial charge in [0.25, 0.3) is 0 Å². The third-order valence-corrected chi connectivity index (χ3v) is 3.22. The second-order valence-electron chi connectivity index (χ2n) is 4.05. The van der Waals surface area contributed by atoms with E-state index in [0.29, 0.717) is 11.3 Å². The van der Waals surface area contributed by atoms with E-state index in [2.05, 4.69) is 0 Å². The van der Waals surface area contributed by atoms with Crippen LogP contribution in [0, 0.1) is 0 Å². The average molecular weight is 396 g/mol. The molecule has 8 heteroatoms. The molecule has 0 bridgehead atoms. The van der Waals surface area contributed by atoms with Gasteiger partial charge in [-0.2, -0.15) is 0 Å². The summed E-state index contributed by atoms with van der Waals surface area (Å²) in [5.74, 6) is -1.50. The molecule has 0 aliphatic carbocycles. The van der Waals surface area contributed by atoms with Crippen molar-refractivity contribution in [2.45, 2.75) is 26.1 Å². The number of nitrogens with one attached hydrogen (secondary N) is 1. The number of benzene rings is 1. The number of carbonyl (C=O) groups excluding carboxylic acids is 1. The maximum absolute atomic E-state index is 12.2. The molecule has 1 rings (SSSR count). The topological polar surface area (TPSA) is 38.3 Å². The van der Waals surface area contributed by atoms with Gasteiger partial charge in [-0.1, -0.05) is 0 Å². The molecule has 0 heterocycles. The zero-order valence-corrected chi connectivity index (χ0v) is 13.1. The second kappa shape index (κ2) is 7.18. The summed E-state index contributed by atoms with van der Waals surface area (Å²) in [5, 5.41) is 1.79.